The fourth-order valence-corrected chi connectivity index (χ4v) is 3.30. The summed E-state index contributed by atoms with van der Waals surface area (Å²) in [6.45, 7) is 2.38. The number of carbonyl (C=O) groups is 1. The van der Waals surface area contributed by atoms with Crippen molar-refractivity contribution in [2.24, 2.45) is 11.7 Å². The van der Waals surface area contributed by atoms with Gasteiger partial charge in [-0.2, -0.15) is 0 Å². The first-order valence-electron chi connectivity index (χ1n) is 6.37. The highest BCUT2D eigenvalue weighted by Gasteiger charge is 2.26. The Morgan fingerprint density at radius 2 is 2.42 bits per heavy atom. The van der Waals surface area contributed by atoms with E-state index in [2.05, 4.69) is 0 Å². The van der Waals surface area contributed by atoms with E-state index in [0.717, 1.165) is 25.9 Å². The Labute approximate surface area is 124 Å². The molecule has 1 aliphatic heterocycles. The summed E-state index contributed by atoms with van der Waals surface area (Å²) in [7, 11) is 1.60. The maximum Gasteiger partial charge on any atom is 0.267 e. The van der Waals surface area contributed by atoms with Crippen molar-refractivity contribution in [2.75, 3.05) is 26.7 Å². The fourth-order valence-electron chi connectivity index (χ4n) is 2.48. The molecule has 1 amide bonds. The number of hydrogen-bond acceptors (Lipinski definition) is 4. The van der Waals surface area contributed by atoms with Gasteiger partial charge in [-0.15, -0.1) is 23.7 Å². The molecule has 0 radical (unpaired) electrons. The molecule has 4 nitrogen and oxygen atoms in total. The van der Waals surface area contributed by atoms with Gasteiger partial charge in [-0.25, -0.2) is 0 Å². The molecule has 2 rings (SSSR count). The van der Waals surface area contributed by atoms with Crippen LogP contribution in [0.5, 0.6) is 5.75 Å². The number of methoxy groups -OCH3 is 1. The predicted octanol–water partition coefficient (Wildman–Crippen LogP) is 2.38. The lowest BCUT2D eigenvalue weighted by atomic mass is 9.95. The summed E-state index contributed by atoms with van der Waals surface area (Å²) in [5.74, 6) is 1.34. The molecule has 0 saturated carbocycles. The Morgan fingerprint density at radius 3 is 3.11 bits per heavy atom. The number of likely N-dealkylation sites (tertiary alicyclic amines) is 1. The fraction of sp³-hybridized carbons (Fsp3) is 0.615. The molecule has 19 heavy (non-hydrogen) atoms. The third-order valence-electron chi connectivity index (χ3n) is 3.42. The molecule has 1 atom stereocenters. The van der Waals surface area contributed by atoms with Crippen LogP contribution in [0.15, 0.2) is 11.4 Å². The Morgan fingerprint density at radius 1 is 1.63 bits per heavy atom. The summed E-state index contributed by atoms with van der Waals surface area (Å²) in [5.41, 5.74) is 5.60. The van der Waals surface area contributed by atoms with Crippen LogP contribution in [-0.4, -0.2) is 37.6 Å². The summed E-state index contributed by atoms with van der Waals surface area (Å²) in [5, 5.41) is 1.90. The second-order valence-electron chi connectivity index (χ2n) is 4.65. The number of nitrogens with zero attached hydrogens (tertiary/aromatic N) is 1. The lowest BCUT2D eigenvalue weighted by Gasteiger charge is -2.32. The number of rotatable bonds is 4. The van der Waals surface area contributed by atoms with Crippen LogP contribution < -0.4 is 10.5 Å². The van der Waals surface area contributed by atoms with Gasteiger partial charge in [0.05, 0.1) is 7.11 Å². The number of nitrogens with two attached hydrogens (primary N) is 1. The third kappa shape index (κ3) is 3.84. The van der Waals surface area contributed by atoms with Gasteiger partial charge in [-0.05, 0) is 43.2 Å². The standard InChI is InChI=1S/C13H20N2O2S.ClH/c1-17-11-5-8-18-12(11)13(16)15-7-2-3-10(9-15)4-6-14;/h5,8,10H,2-4,6-7,9,14H2,1H3;1H. The van der Waals surface area contributed by atoms with E-state index in [1.165, 1.54) is 17.8 Å². The van der Waals surface area contributed by atoms with Gasteiger partial charge in [0.1, 0.15) is 10.6 Å². The topological polar surface area (TPSA) is 55.6 Å². The molecule has 0 spiro atoms. The molecule has 0 bridgehead atoms. The van der Waals surface area contributed by atoms with Gasteiger partial charge in [0.15, 0.2) is 0 Å². The SMILES string of the molecule is COc1ccsc1C(=O)N1CCCC(CCN)C1.Cl. The predicted molar refractivity (Wildman–Crippen MR) is 80.4 cm³/mol. The van der Waals surface area contributed by atoms with Crippen LogP contribution in [0.2, 0.25) is 0 Å². The van der Waals surface area contributed by atoms with Gasteiger partial charge in [0.2, 0.25) is 0 Å². The second-order valence-corrected chi connectivity index (χ2v) is 5.57. The number of halogens is 1. The monoisotopic (exact) mass is 304 g/mol. The Kier molecular flexibility index (Phi) is 6.62. The zero-order valence-corrected chi connectivity index (χ0v) is 12.8. The van der Waals surface area contributed by atoms with Gasteiger partial charge in [-0.3, -0.25) is 4.79 Å². The van der Waals surface area contributed by atoms with Crippen LogP contribution in [0, 0.1) is 5.92 Å². The Balaban J connectivity index is 0.00000180. The van der Waals surface area contributed by atoms with E-state index in [4.69, 9.17) is 10.5 Å². The van der Waals surface area contributed by atoms with Crippen LogP contribution in [0.3, 0.4) is 0 Å². The van der Waals surface area contributed by atoms with Crippen LogP contribution in [0.4, 0.5) is 0 Å². The quantitative estimate of drug-likeness (QED) is 0.929. The van der Waals surface area contributed by atoms with Crippen molar-refractivity contribution in [1.82, 2.24) is 4.90 Å². The summed E-state index contributed by atoms with van der Waals surface area (Å²) in [6.07, 6.45) is 3.26. The van der Waals surface area contributed by atoms with Crippen molar-refractivity contribution < 1.29 is 9.53 Å². The number of carbonyl (C=O) groups excluding carboxylic acids is 1. The molecule has 108 valence electrons. The molecular formula is C13H21ClN2O2S. The average molecular weight is 305 g/mol. The Bertz CT molecular complexity index is 409. The van der Waals surface area contributed by atoms with Crippen molar-refractivity contribution in [3.8, 4) is 5.75 Å². The molecule has 2 N–H and O–H groups in total. The molecule has 1 aromatic rings. The first-order valence-corrected chi connectivity index (χ1v) is 7.25. The lowest BCUT2D eigenvalue weighted by molar-refractivity contribution is 0.0671. The highest BCUT2D eigenvalue weighted by Crippen LogP contribution is 2.28. The molecule has 1 fully saturated rings. The van der Waals surface area contributed by atoms with Crippen LogP contribution in [0.1, 0.15) is 28.9 Å². The minimum atomic E-state index is 0. The van der Waals surface area contributed by atoms with E-state index in [1.807, 2.05) is 16.3 Å². The summed E-state index contributed by atoms with van der Waals surface area (Å²) in [4.78, 5) is 15.1. The van der Waals surface area contributed by atoms with E-state index in [9.17, 15) is 4.79 Å². The third-order valence-corrected chi connectivity index (χ3v) is 4.31. The van der Waals surface area contributed by atoms with Gasteiger partial charge in [0.25, 0.3) is 5.91 Å². The van der Waals surface area contributed by atoms with Gasteiger partial charge >= 0.3 is 0 Å². The molecule has 0 aromatic carbocycles. The molecule has 1 aromatic heterocycles. The van der Waals surface area contributed by atoms with Crippen molar-refractivity contribution in [3.63, 3.8) is 0 Å². The van der Waals surface area contributed by atoms with Gasteiger partial charge in [-0.1, -0.05) is 0 Å². The maximum atomic E-state index is 12.4. The van der Waals surface area contributed by atoms with Gasteiger partial charge < -0.3 is 15.4 Å². The second kappa shape index (κ2) is 7.72. The number of hydrogen-bond donors (Lipinski definition) is 1. The first-order chi connectivity index (χ1) is 8.76. The molecule has 0 aliphatic carbocycles. The summed E-state index contributed by atoms with van der Waals surface area (Å²) >= 11 is 1.45. The zero-order valence-electron chi connectivity index (χ0n) is 11.1. The molecule has 1 aliphatic rings. The van der Waals surface area contributed by atoms with E-state index >= 15 is 0 Å². The van der Waals surface area contributed by atoms with E-state index in [0.29, 0.717) is 23.1 Å². The smallest absolute Gasteiger partial charge is 0.267 e. The molecule has 1 saturated heterocycles. The number of amides is 1. The average Bonchev–Trinajstić information content (AvgIpc) is 2.87. The minimum Gasteiger partial charge on any atom is -0.495 e. The maximum absolute atomic E-state index is 12.4. The first kappa shape index (κ1) is 16.3. The molecular weight excluding hydrogens is 284 g/mol. The lowest BCUT2D eigenvalue weighted by Crippen LogP contribution is -2.40. The zero-order chi connectivity index (χ0) is 13.0. The highest BCUT2D eigenvalue weighted by molar-refractivity contribution is 7.12. The van der Waals surface area contributed by atoms with E-state index < -0.39 is 0 Å². The van der Waals surface area contributed by atoms with Crippen molar-refractivity contribution in [1.29, 1.82) is 0 Å². The largest absolute Gasteiger partial charge is 0.495 e. The van der Waals surface area contributed by atoms with Crippen LogP contribution in [0.25, 0.3) is 0 Å². The summed E-state index contributed by atoms with van der Waals surface area (Å²) in [6, 6.07) is 1.85. The molecule has 1 unspecified atom stereocenters. The molecule has 6 heteroatoms. The molecule has 2 heterocycles. The minimum absolute atomic E-state index is 0. The number of ether oxygens (including phenoxy) is 1. The number of thiophene rings is 1. The summed E-state index contributed by atoms with van der Waals surface area (Å²) < 4.78 is 5.21. The van der Waals surface area contributed by atoms with E-state index in [-0.39, 0.29) is 18.3 Å². The Hall–Kier alpha value is -0.780. The van der Waals surface area contributed by atoms with Crippen LogP contribution in [-0.2, 0) is 0 Å². The van der Waals surface area contributed by atoms with E-state index in [1.54, 1.807) is 7.11 Å². The normalized spacial score (nSPS) is 18.8. The number of piperidine rings is 1. The van der Waals surface area contributed by atoms with Crippen molar-refractivity contribution in [2.45, 2.75) is 19.3 Å². The highest BCUT2D eigenvalue weighted by atomic mass is 35.5. The van der Waals surface area contributed by atoms with Gasteiger partial charge in [0, 0.05) is 13.1 Å². The van der Waals surface area contributed by atoms with Crippen molar-refractivity contribution >= 4 is 29.7 Å². The van der Waals surface area contributed by atoms with Crippen LogP contribution >= 0.6 is 23.7 Å². The van der Waals surface area contributed by atoms with Crippen molar-refractivity contribution in [3.05, 3.63) is 16.3 Å².